The van der Waals surface area contributed by atoms with E-state index in [-0.39, 0.29) is 11.8 Å². The van der Waals surface area contributed by atoms with E-state index < -0.39 is 0 Å². The van der Waals surface area contributed by atoms with Crippen LogP contribution in [0.25, 0.3) is 10.9 Å². The largest absolute Gasteiger partial charge is 0.361 e. The van der Waals surface area contributed by atoms with Gasteiger partial charge in [0, 0.05) is 43.2 Å². The lowest BCUT2D eigenvalue weighted by molar-refractivity contribution is -0.121. The summed E-state index contributed by atoms with van der Waals surface area (Å²) in [6.07, 6.45) is 6.11. The number of hydrogen-bond acceptors (Lipinski definition) is 2. The molecule has 0 aliphatic carbocycles. The second kappa shape index (κ2) is 10.0. The minimum absolute atomic E-state index is 0.000858. The van der Waals surface area contributed by atoms with Gasteiger partial charge < -0.3 is 15.2 Å². The SMILES string of the molecule is O=C(CCC1CCN(C(=O)c2ccccc2Cl)CC1)NCCc1c[nH]c2ccccc12. The van der Waals surface area contributed by atoms with E-state index in [0.717, 1.165) is 44.3 Å². The number of para-hydroxylation sites is 1. The van der Waals surface area contributed by atoms with Crippen molar-refractivity contribution < 1.29 is 9.59 Å². The first kappa shape index (κ1) is 21.4. The molecule has 6 heteroatoms. The molecule has 162 valence electrons. The Bertz CT molecular complexity index is 1050. The molecular weight excluding hydrogens is 410 g/mol. The molecule has 1 aliphatic heterocycles. The summed E-state index contributed by atoms with van der Waals surface area (Å²) in [6.45, 7) is 2.08. The molecule has 5 nitrogen and oxygen atoms in total. The first-order chi connectivity index (χ1) is 15.1. The molecule has 2 heterocycles. The zero-order valence-corrected chi connectivity index (χ0v) is 18.3. The highest BCUT2D eigenvalue weighted by Gasteiger charge is 2.25. The molecule has 3 aromatic rings. The summed E-state index contributed by atoms with van der Waals surface area (Å²) < 4.78 is 0. The summed E-state index contributed by atoms with van der Waals surface area (Å²) in [6, 6.07) is 15.4. The van der Waals surface area contributed by atoms with Crippen molar-refractivity contribution in [1.82, 2.24) is 15.2 Å². The molecule has 0 atom stereocenters. The predicted octanol–water partition coefficient (Wildman–Crippen LogP) is 4.81. The van der Waals surface area contributed by atoms with Crippen molar-refractivity contribution in [2.75, 3.05) is 19.6 Å². The molecule has 0 bridgehead atoms. The van der Waals surface area contributed by atoms with Crippen LogP contribution in [0, 0.1) is 5.92 Å². The highest BCUT2D eigenvalue weighted by atomic mass is 35.5. The van der Waals surface area contributed by atoms with Crippen LogP contribution in [0.4, 0.5) is 0 Å². The van der Waals surface area contributed by atoms with Gasteiger partial charge in [0.25, 0.3) is 5.91 Å². The van der Waals surface area contributed by atoms with Gasteiger partial charge in [-0.1, -0.05) is 41.9 Å². The average Bonchev–Trinajstić information content (AvgIpc) is 3.21. The number of carbonyl (C=O) groups excluding carboxylic acids is 2. The lowest BCUT2D eigenvalue weighted by Crippen LogP contribution is -2.38. The Kier molecular flexibility index (Phi) is 6.92. The summed E-state index contributed by atoms with van der Waals surface area (Å²) in [5.41, 5.74) is 2.92. The third kappa shape index (κ3) is 5.28. The fraction of sp³-hybridized carbons (Fsp3) is 0.360. The molecule has 1 saturated heterocycles. The fourth-order valence-corrected chi connectivity index (χ4v) is 4.54. The second-order valence-corrected chi connectivity index (χ2v) is 8.62. The number of aromatic nitrogens is 1. The average molecular weight is 438 g/mol. The molecule has 2 N–H and O–H groups in total. The molecule has 1 aliphatic rings. The van der Waals surface area contributed by atoms with Gasteiger partial charge in [-0.3, -0.25) is 9.59 Å². The van der Waals surface area contributed by atoms with Crippen molar-refractivity contribution in [1.29, 1.82) is 0 Å². The van der Waals surface area contributed by atoms with Crippen LogP contribution in [0.3, 0.4) is 0 Å². The Hall–Kier alpha value is -2.79. The molecule has 2 aromatic carbocycles. The number of rotatable bonds is 7. The highest BCUT2D eigenvalue weighted by Crippen LogP contribution is 2.25. The molecule has 31 heavy (non-hydrogen) atoms. The maximum atomic E-state index is 12.7. The molecule has 4 rings (SSSR count). The fourth-order valence-electron chi connectivity index (χ4n) is 4.33. The van der Waals surface area contributed by atoms with Crippen molar-refractivity contribution in [3.63, 3.8) is 0 Å². The number of aromatic amines is 1. The maximum Gasteiger partial charge on any atom is 0.255 e. The Labute approximate surface area is 187 Å². The highest BCUT2D eigenvalue weighted by molar-refractivity contribution is 6.33. The number of halogens is 1. The zero-order chi connectivity index (χ0) is 21.6. The van der Waals surface area contributed by atoms with Crippen molar-refractivity contribution in [3.8, 4) is 0 Å². The van der Waals surface area contributed by atoms with Crippen molar-refractivity contribution in [3.05, 3.63) is 70.9 Å². The van der Waals surface area contributed by atoms with Gasteiger partial charge >= 0.3 is 0 Å². The van der Waals surface area contributed by atoms with Crippen LogP contribution in [0.5, 0.6) is 0 Å². The monoisotopic (exact) mass is 437 g/mol. The first-order valence-corrected chi connectivity index (χ1v) is 11.3. The van der Waals surface area contributed by atoms with Gasteiger partial charge in [-0.2, -0.15) is 0 Å². The standard InChI is InChI=1S/C25H28ClN3O2/c26-22-7-3-1-6-21(22)25(31)29-15-12-18(13-16-29)9-10-24(30)27-14-11-19-17-28-23-8-4-2-5-20(19)23/h1-8,17-18,28H,9-16H2,(H,27,30). The molecule has 0 spiro atoms. The number of fused-ring (bicyclic) bond motifs is 1. The predicted molar refractivity (Wildman–Crippen MR) is 124 cm³/mol. The topological polar surface area (TPSA) is 65.2 Å². The Morgan fingerprint density at radius 1 is 1.06 bits per heavy atom. The van der Waals surface area contributed by atoms with Crippen LogP contribution >= 0.6 is 11.6 Å². The number of amides is 2. The molecular formula is C25H28ClN3O2. The first-order valence-electron chi connectivity index (χ1n) is 11.0. The lowest BCUT2D eigenvalue weighted by Gasteiger charge is -2.32. The third-order valence-electron chi connectivity index (χ3n) is 6.18. The summed E-state index contributed by atoms with van der Waals surface area (Å²) in [5.74, 6) is 0.586. The van der Waals surface area contributed by atoms with Crippen LogP contribution < -0.4 is 5.32 Å². The van der Waals surface area contributed by atoms with Gasteiger partial charge in [-0.05, 0) is 55.4 Å². The maximum absolute atomic E-state index is 12.7. The second-order valence-electron chi connectivity index (χ2n) is 8.21. The van der Waals surface area contributed by atoms with E-state index in [0.29, 0.717) is 29.5 Å². The van der Waals surface area contributed by atoms with Crippen molar-refractivity contribution >= 4 is 34.3 Å². The van der Waals surface area contributed by atoms with Crippen LogP contribution in [-0.4, -0.2) is 41.3 Å². The smallest absolute Gasteiger partial charge is 0.255 e. The number of benzene rings is 2. The summed E-state index contributed by atoms with van der Waals surface area (Å²) in [7, 11) is 0. The number of nitrogens with zero attached hydrogens (tertiary/aromatic N) is 1. The van der Waals surface area contributed by atoms with E-state index in [1.165, 1.54) is 10.9 Å². The Morgan fingerprint density at radius 2 is 1.81 bits per heavy atom. The van der Waals surface area contributed by atoms with Crippen LogP contribution in [0.1, 0.15) is 41.6 Å². The number of hydrogen-bond donors (Lipinski definition) is 2. The number of likely N-dealkylation sites (tertiary alicyclic amines) is 1. The van der Waals surface area contributed by atoms with Crippen LogP contribution in [0.15, 0.2) is 54.7 Å². The minimum Gasteiger partial charge on any atom is -0.361 e. The van der Waals surface area contributed by atoms with Crippen LogP contribution in [0.2, 0.25) is 5.02 Å². The molecule has 1 fully saturated rings. The van der Waals surface area contributed by atoms with E-state index in [4.69, 9.17) is 11.6 Å². The van der Waals surface area contributed by atoms with Gasteiger partial charge in [0.15, 0.2) is 0 Å². The van der Waals surface area contributed by atoms with Gasteiger partial charge in [-0.25, -0.2) is 0 Å². The minimum atomic E-state index is -0.000858. The number of carbonyl (C=O) groups is 2. The molecule has 0 unspecified atom stereocenters. The van der Waals surface area contributed by atoms with Crippen LogP contribution in [-0.2, 0) is 11.2 Å². The normalized spacial score (nSPS) is 14.7. The van der Waals surface area contributed by atoms with E-state index >= 15 is 0 Å². The summed E-state index contributed by atoms with van der Waals surface area (Å²) >= 11 is 6.16. The molecule has 0 radical (unpaired) electrons. The number of piperidine rings is 1. The van der Waals surface area contributed by atoms with E-state index in [1.54, 1.807) is 12.1 Å². The van der Waals surface area contributed by atoms with E-state index in [1.807, 2.05) is 35.4 Å². The van der Waals surface area contributed by atoms with Gasteiger partial charge in [0.1, 0.15) is 0 Å². The van der Waals surface area contributed by atoms with Crippen molar-refractivity contribution in [2.45, 2.75) is 32.1 Å². The Balaban J connectivity index is 1.16. The Morgan fingerprint density at radius 3 is 2.61 bits per heavy atom. The molecule has 0 saturated carbocycles. The third-order valence-corrected chi connectivity index (χ3v) is 6.51. The van der Waals surface area contributed by atoms with Gasteiger partial charge in [-0.15, -0.1) is 0 Å². The quantitative estimate of drug-likeness (QED) is 0.557. The van der Waals surface area contributed by atoms with Gasteiger partial charge in [0.2, 0.25) is 5.91 Å². The van der Waals surface area contributed by atoms with E-state index in [9.17, 15) is 9.59 Å². The van der Waals surface area contributed by atoms with Crippen molar-refractivity contribution in [2.24, 2.45) is 5.92 Å². The molecule has 1 aromatic heterocycles. The number of nitrogens with one attached hydrogen (secondary N) is 2. The summed E-state index contributed by atoms with van der Waals surface area (Å²) in [5, 5.41) is 4.76. The zero-order valence-electron chi connectivity index (χ0n) is 17.6. The summed E-state index contributed by atoms with van der Waals surface area (Å²) in [4.78, 5) is 30.1. The molecule has 2 amide bonds. The number of H-pyrrole nitrogens is 1. The lowest BCUT2D eigenvalue weighted by atomic mass is 9.91. The van der Waals surface area contributed by atoms with Gasteiger partial charge in [0.05, 0.1) is 10.6 Å². The van der Waals surface area contributed by atoms with E-state index in [2.05, 4.69) is 22.4 Å².